The van der Waals surface area contributed by atoms with E-state index in [2.05, 4.69) is 10.7 Å². The molecule has 0 heterocycles. The van der Waals surface area contributed by atoms with Crippen LogP contribution in [0, 0.1) is 5.41 Å². The molecule has 3 unspecified atom stereocenters. The Bertz CT molecular complexity index is 180. The van der Waals surface area contributed by atoms with E-state index in [9.17, 15) is 20.1 Å². The van der Waals surface area contributed by atoms with Crippen LogP contribution in [-0.2, 0) is 9.63 Å². The highest BCUT2D eigenvalue weighted by atomic mass is 16.7. The van der Waals surface area contributed by atoms with E-state index in [1.54, 1.807) is 0 Å². The van der Waals surface area contributed by atoms with Crippen LogP contribution in [0.2, 0.25) is 0 Å². The minimum atomic E-state index is -1.81. The van der Waals surface area contributed by atoms with Crippen LogP contribution in [0.1, 0.15) is 20.8 Å². The lowest BCUT2D eigenvalue weighted by Gasteiger charge is -2.37. The Balaban J connectivity index is 5.27. The average molecular weight is 207 g/mol. The fraction of sp³-hybridized carbons (Fsp3) is 0.875. The van der Waals surface area contributed by atoms with Crippen LogP contribution in [0.15, 0.2) is 0 Å². The number of rotatable bonds is 4. The Morgan fingerprint density at radius 2 is 1.43 bits per heavy atom. The first-order valence-electron chi connectivity index (χ1n) is 4.27. The topological polar surface area (TPSA) is 113 Å². The van der Waals surface area contributed by atoms with Crippen LogP contribution < -0.4 is 5.90 Å². The van der Waals surface area contributed by atoms with Crippen molar-refractivity contribution >= 4 is 5.97 Å². The van der Waals surface area contributed by atoms with Gasteiger partial charge in [0.25, 0.3) is 0 Å². The van der Waals surface area contributed by atoms with Gasteiger partial charge in [0, 0.05) is 0 Å². The lowest BCUT2D eigenvalue weighted by molar-refractivity contribution is -0.189. The van der Waals surface area contributed by atoms with Crippen LogP contribution in [0.4, 0.5) is 0 Å². The number of hydrogen-bond acceptors (Lipinski definition) is 6. The molecule has 0 aromatic heterocycles. The molecule has 0 fully saturated rings. The van der Waals surface area contributed by atoms with Crippen LogP contribution in [0.3, 0.4) is 0 Å². The third-order valence-corrected chi connectivity index (χ3v) is 2.53. The summed E-state index contributed by atoms with van der Waals surface area (Å²) in [5, 5.41) is 28.3. The Hall–Kier alpha value is -0.690. The molecule has 0 rings (SSSR count). The molecule has 0 amide bonds. The van der Waals surface area contributed by atoms with Gasteiger partial charge in [-0.3, -0.25) is 0 Å². The van der Waals surface area contributed by atoms with E-state index in [0.717, 1.165) is 0 Å². The maximum atomic E-state index is 11.3. The summed E-state index contributed by atoms with van der Waals surface area (Å²) >= 11 is 0. The molecule has 3 atom stereocenters. The quantitative estimate of drug-likeness (QED) is 0.419. The number of aliphatic hydroxyl groups is 3. The van der Waals surface area contributed by atoms with E-state index >= 15 is 0 Å². The summed E-state index contributed by atoms with van der Waals surface area (Å²) in [6.45, 7) is 3.82. The SMILES string of the molecule is CC(O)C(C(=O)ON)(C(C)O)C(C)O. The zero-order chi connectivity index (χ0) is 11.5. The number of aliphatic hydroxyl groups excluding tert-OH is 3. The molecule has 0 aromatic rings. The van der Waals surface area contributed by atoms with Crippen molar-refractivity contribution in [2.75, 3.05) is 0 Å². The molecule has 0 aliphatic carbocycles. The zero-order valence-corrected chi connectivity index (χ0v) is 8.47. The van der Waals surface area contributed by atoms with Gasteiger partial charge in [0.05, 0.1) is 18.3 Å². The molecule has 6 heteroatoms. The second-order valence-electron chi connectivity index (χ2n) is 3.37. The molecular formula is C8H17NO5. The van der Waals surface area contributed by atoms with Crippen molar-refractivity contribution in [1.29, 1.82) is 0 Å². The third kappa shape index (κ3) is 1.88. The molecule has 6 nitrogen and oxygen atoms in total. The fourth-order valence-electron chi connectivity index (χ4n) is 1.66. The first-order valence-corrected chi connectivity index (χ1v) is 4.27. The normalized spacial score (nSPS) is 21.9. The molecule has 0 radical (unpaired) electrons. The van der Waals surface area contributed by atoms with E-state index in [4.69, 9.17) is 0 Å². The van der Waals surface area contributed by atoms with Gasteiger partial charge in [0.2, 0.25) is 0 Å². The summed E-state index contributed by atoms with van der Waals surface area (Å²) in [7, 11) is 0. The van der Waals surface area contributed by atoms with Gasteiger partial charge >= 0.3 is 5.97 Å². The van der Waals surface area contributed by atoms with E-state index in [-0.39, 0.29) is 0 Å². The monoisotopic (exact) mass is 207 g/mol. The van der Waals surface area contributed by atoms with Crippen molar-refractivity contribution in [2.45, 2.75) is 39.1 Å². The standard InChI is InChI=1S/C8H17NO5/c1-4(10)8(5(2)11,6(3)12)7(13)14-9/h4-6,10-12H,9H2,1-3H3. The molecule has 84 valence electrons. The van der Waals surface area contributed by atoms with Gasteiger partial charge in [-0.05, 0) is 20.8 Å². The van der Waals surface area contributed by atoms with Crippen molar-refractivity contribution in [3.8, 4) is 0 Å². The molecule has 0 bridgehead atoms. The average Bonchev–Trinajstić information content (AvgIpc) is 2.02. The number of carbonyl (C=O) groups excluding carboxylic acids is 1. The third-order valence-electron chi connectivity index (χ3n) is 2.53. The molecule has 0 spiro atoms. The Morgan fingerprint density at radius 3 is 1.50 bits per heavy atom. The Morgan fingerprint density at radius 1 is 1.14 bits per heavy atom. The number of hydrogen-bond donors (Lipinski definition) is 4. The maximum absolute atomic E-state index is 11.3. The number of carbonyl (C=O) groups is 1. The van der Waals surface area contributed by atoms with Gasteiger partial charge in [0.15, 0.2) is 0 Å². The Kier molecular flexibility index (Phi) is 4.47. The maximum Gasteiger partial charge on any atom is 0.338 e. The lowest BCUT2D eigenvalue weighted by Crippen LogP contribution is -2.57. The molecule has 0 saturated carbocycles. The summed E-state index contributed by atoms with van der Waals surface area (Å²) in [6, 6.07) is 0. The molecule has 14 heavy (non-hydrogen) atoms. The predicted molar refractivity (Wildman–Crippen MR) is 47.8 cm³/mol. The van der Waals surface area contributed by atoms with Crippen molar-refractivity contribution in [3.05, 3.63) is 0 Å². The summed E-state index contributed by atoms with van der Waals surface area (Å²) in [5.74, 6) is 3.64. The second-order valence-corrected chi connectivity index (χ2v) is 3.37. The molecule has 0 aliphatic heterocycles. The molecule has 0 saturated heterocycles. The highest BCUT2D eigenvalue weighted by Gasteiger charge is 2.53. The minimum Gasteiger partial charge on any atom is -0.392 e. The molecule has 0 aliphatic rings. The van der Waals surface area contributed by atoms with Gasteiger partial charge in [-0.25, -0.2) is 4.79 Å². The lowest BCUT2D eigenvalue weighted by atomic mass is 9.73. The Labute approximate surface area is 82.2 Å². The van der Waals surface area contributed by atoms with Crippen LogP contribution in [0.5, 0.6) is 0 Å². The first-order chi connectivity index (χ1) is 6.31. The summed E-state index contributed by atoms with van der Waals surface area (Å²) < 4.78 is 0. The van der Waals surface area contributed by atoms with E-state index in [1.807, 2.05) is 0 Å². The van der Waals surface area contributed by atoms with Gasteiger partial charge in [-0.1, -0.05) is 0 Å². The largest absolute Gasteiger partial charge is 0.392 e. The van der Waals surface area contributed by atoms with Crippen LogP contribution in [0.25, 0.3) is 0 Å². The van der Waals surface area contributed by atoms with Gasteiger partial charge in [-0.2, -0.15) is 5.90 Å². The number of nitrogens with two attached hydrogens (primary N) is 1. The first kappa shape index (κ1) is 13.3. The highest BCUT2D eigenvalue weighted by molar-refractivity contribution is 5.78. The van der Waals surface area contributed by atoms with Crippen molar-refractivity contribution < 1.29 is 25.0 Å². The molecule has 5 N–H and O–H groups in total. The van der Waals surface area contributed by atoms with Crippen molar-refractivity contribution in [3.63, 3.8) is 0 Å². The van der Waals surface area contributed by atoms with Crippen LogP contribution >= 0.6 is 0 Å². The van der Waals surface area contributed by atoms with Gasteiger partial charge in [0.1, 0.15) is 5.41 Å². The predicted octanol–water partition coefficient (Wildman–Crippen LogP) is -1.47. The summed E-state index contributed by atoms with van der Waals surface area (Å²) in [6.07, 6.45) is -3.84. The molecular weight excluding hydrogens is 190 g/mol. The summed E-state index contributed by atoms with van der Waals surface area (Å²) in [5.41, 5.74) is -1.81. The molecule has 0 aromatic carbocycles. The fourth-order valence-corrected chi connectivity index (χ4v) is 1.66. The van der Waals surface area contributed by atoms with Crippen molar-refractivity contribution in [2.24, 2.45) is 11.3 Å². The highest BCUT2D eigenvalue weighted by Crippen LogP contribution is 2.32. The van der Waals surface area contributed by atoms with E-state index in [1.165, 1.54) is 20.8 Å². The van der Waals surface area contributed by atoms with E-state index in [0.29, 0.717) is 0 Å². The van der Waals surface area contributed by atoms with Crippen LogP contribution in [-0.4, -0.2) is 39.6 Å². The van der Waals surface area contributed by atoms with Crippen molar-refractivity contribution in [1.82, 2.24) is 0 Å². The second kappa shape index (κ2) is 4.70. The van der Waals surface area contributed by atoms with Gasteiger partial charge in [-0.15, -0.1) is 0 Å². The van der Waals surface area contributed by atoms with Gasteiger partial charge < -0.3 is 20.2 Å². The van der Waals surface area contributed by atoms with E-state index < -0.39 is 29.7 Å². The minimum absolute atomic E-state index is 1.04. The zero-order valence-electron chi connectivity index (χ0n) is 8.47. The summed E-state index contributed by atoms with van der Waals surface area (Å²) in [4.78, 5) is 15.3. The smallest absolute Gasteiger partial charge is 0.338 e.